The molecule has 2 saturated heterocycles. The Balaban J connectivity index is 1.31. The lowest BCUT2D eigenvalue weighted by atomic mass is 9.78. The van der Waals surface area contributed by atoms with Gasteiger partial charge in [0.05, 0.1) is 18.9 Å². The summed E-state index contributed by atoms with van der Waals surface area (Å²) in [5.41, 5.74) is -0.787. The predicted octanol–water partition coefficient (Wildman–Crippen LogP) is 3.39. The Morgan fingerprint density at radius 1 is 1.19 bits per heavy atom. The highest BCUT2D eigenvalue weighted by Crippen LogP contribution is 2.42. The molecule has 3 aromatic rings. The third-order valence-electron chi connectivity index (χ3n) is 7.67. The number of H-pyrrole nitrogens is 1. The van der Waals surface area contributed by atoms with Gasteiger partial charge in [-0.15, -0.1) is 0 Å². The number of aromatic nitrogens is 4. The summed E-state index contributed by atoms with van der Waals surface area (Å²) in [6.45, 7) is 4.14. The molecule has 2 unspecified atom stereocenters. The smallest absolute Gasteiger partial charge is 0.378 e. The molecule has 3 aromatic heterocycles. The molecule has 3 aliphatic rings. The topological polar surface area (TPSA) is 108 Å². The van der Waals surface area contributed by atoms with Gasteiger partial charge in [0.1, 0.15) is 22.8 Å². The number of pyridine rings is 1. The van der Waals surface area contributed by atoms with E-state index in [-0.39, 0.29) is 23.5 Å². The van der Waals surface area contributed by atoms with Crippen LogP contribution in [0.25, 0.3) is 22.3 Å². The molecule has 196 valence electrons. The van der Waals surface area contributed by atoms with Gasteiger partial charge in [-0.2, -0.15) is 13.2 Å². The van der Waals surface area contributed by atoms with E-state index in [0.717, 1.165) is 31.4 Å². The highest BCUT2D eigenvalue weighted by atomic mass is 19.4. The minimum absolute atomic E-state index is 0.0777. The van der Waals surface area contributed by atoms with Crippen LogP contribution >= 0.6 is 0 Å². The number of ether oxygens (including phenoxy) is 1. The number of anilines is 2. The summed E-state index contributed by atoms with van der Waals surface area (Å²) < 4.78 is 47.3. The summed E-state index contributed by atoms with van der Waals surface area (Å²) in [7, 11) is 0. The molecule has 1 spiro atoms. The van der Waals surface area contributed by atoms with Gasteiger partial charge in [0.25, 0.3) is 0 Å². The van der Waals surface area contributed by atoms with Gasteiger partial charge in [0, 0.05) is 60.9 Å². The van der Waals surface area contributed by atoms with Crippen LogP contribution in [0.5, 0.6) is 0 Å². The van der Waals surface area contributed by atoms with E-state index in [1.807, 2.05) is 0 Å². The van der Waals surface area contributed by atoms with Crippen molar-refractivity contribution < 1.29 is 22.7 Å². The first kappa shape index (κ1) is 24.1. The Labute approximate surface area is 211 Å². The van der Waals surface area contributed by atoms with E-state index in [9.17, 15) is 18.0 Å². The third-order valence-corrected chi connectivity index (χ3v) is 7.67. The maximum Gasteiger partial charge on any atom is 0.419 e. The number of halogens is 3. The number of alkyl halides is 3. The first-order valence-corrected chi connectivity index (χ1v) is 12.6. The third kappa shape index (κ3) is 4.52. The lowest BCUT2D eigenvalue weighted by molar-refractivity contribution is -0.137. The summed E-state index contributed by atoms with van der Waals surface area (Å²) in [4.78, 5) is 30.8. The molecule has 37 heavy (non-hydrogen) atoms. The number of nitrogens with zero attached hydrogens (tertiary/aromatic N) is 4. The van der Waals surface area contributed by atoms with Crippen molar-refractivity contribution in [1.82, 2.24) is 25.3 Å². The maximum atomic E-state index is 14.0. The van der Waals surface area contributed by atoms with Crippen molar-refractivity contribution in [2.45, 2.75) is 37.9 Å². The SMILES string of the molecule is O=C1CC(Nc2ncc(C(F)(F)F)c(-c3c[nH]c4nc(N5CCOCC5)ccc34)n2)CC12CCCNC2. The van der Waals surface area contributed by atoms with Crippen molar-refractivity contribution in [2.24, 2.45) is 5.41 Å². The van der Waals surface area contributed by atoms with Crippen LogP contribution in [0.15, 0.2) is 24.5 Å². The summed E-state index contributed by atoms with van der Waals surface area (Å²) >= 11 is 0. The van der Waals surface area contributed by atoms with E-state index < -0.39 is 17.2 Å². The second-order valence-electron chi connectivity index (χ2n) is 10.1. The van der Waals surface area contributed by atoms with E-state index in [1.54, 1.807) is 12.1 Å². The normalized spacial score (nSPS) is 24.8. The first-order chi connectivity index (χ1) is 17.8. The summed E-state index contributed by atoms with van der Waals surface area (Å²) in [5.74, 6) is 0.999. The summed E-state index contributed by atoms with van der Waals surface area (Å²) in [5, 5.41) is 6.98. The van der Waals surface area contributed by atoms with Gasteiger partial charge in [-0.3, -0.25) is 4.79 Å². The zero-order valence-electron chi connectivity index (χ0n) is 20.2. The molecule has 12 heteroatoms. The number of morpholine rings is 1. The molecule has 1 aliphatic carbocycles. The van der Waals surface area contributed by atoms with Crippen LogP contribution < -0.4 is 15.5 Å². The quantitative estimate of drug-likeness (QED) is 0.486. The zero-order valence-corrected chi connectivity index (χ0v) is 20.2. The Hall–Kier alpha value is -3.25. The number of piperidine rings is 1. The fourth-order valence-corrected chi connectivity index (χ4v) is 5.79. The second kappa shape index (κ2) is 9.25. The van der Waals surface area contributed by atoms with Crippen LogP contribution in [0.1, 0.15) is 31.2 Å². The molecule has 0 aromatic carbocycles. The molecule has 3 fully saturated rings. The van der Waals surface area contributed by atoms with Crippen molar-refractivity contribution in [1.29, 1.82) is 0 Å². The van der Waals surface area contributed by atoms with Gasteiger partial charge in [0.2, 0.25) is 5.95 Å². The lowest BCUT2D eigenvalue weighted by Gasteiger charge is -2.32. The van der Waals surface area contributed by atoms with Gasteiger partial charge in [-0.05, 0) is 37.9 Å². The van der Waals surface area contributed by atoms with Crippen LogP contribution in [0, 0.1) is 5.41 Å². The Morgan fingerprint density at radius 3 is 2.78 bits per heavy atom. The molecule has 2 aliphatic heterocycles. The summed E-state index contributed by atoms with van der Waals surface area (Å²) in [6.07, 6.45) is 0.353. The second-order valence-corrected chi connectivity index (χ2v) is 10.1. The van der Waals surface area contributed by atoms with E-state index in [0.29, 0.717) is 62.3 Å². The fraction of sp³-hybridized carbons (Fsp3) is 0.520. The van der Waals surface area contributed by atoms with Crippen molar-refractivity contribution in [3.63, 3.8) is 0 Å². The number of rotatable bonds is 4. The average molecular weight is 516 g/mol. The molecule has 5 heterocycles. The number of Topliss-reactive ketones (excluding diaryl/α,β-unsaturated/α-hetero) is 1. The lowest BCUT2D eigenvalue weighted by Crippen LogP contribution is -2.43. The Bertz CT molecular complexity index is 1310. The van der Waals surface area contributed by atoms with E-state index >= 15 is 0 Å². The number of carbonyl (C=O) groups is 1. The van der Waals surface area contributed by atoms with Crippen molar-refractivity contribution in [3.8, 4) is 11.3 Å². The largest absolute Gasteiger partial charge is 0.419 e. The number of hydrogen-bond acceptors (Lipinski definition) is 8. The first-order valence-electron chi connectivity index (χ1n) is 12.6. The van der Waals surface area contributed by atoms with Crippen LogP contribution in [-0.2, 0) is 15.7 Å². The molecular formula is C25H28F3N7O2. The maximum absolute atomic E-state index is 14.0. The molecule has 3 N–H and O–H groups in total. The Kier molecular flexibility index (Phi) is 6.03. The number of hydrogen-bond donors (Lipinski definition) is 3. The van der Waals surface area contributed by atoms with Gasteiger partial charge in [-0.1, -0.05) is 0 Å². The molecule has 0 radical (unpaired) electrons. The minimum Gasteiger partial charge on any atom is -0.378 e. The minimum atomic E-state index is -4.64. The predicted molar refractivity (Wildman–Crippen MR) is 131 cm³/mol. The van der Waals surface area contributed by atoms with Crippen molar-refractivity contribution in [2.75, 3.05) is 49.6 Å². The molecular weight excluding hydrogens is 487 g/mol. The van der Waals surface area contributed by atoms with Crippen molar-refractivity contribution >= 4 is 28.6 Å². The molecule has 1 saturated carbocycles. The molecule has 0 bridgehead atoms. The van der Waals surface area contributed by atoms with Crippen LogP contribution in [0.4, 0.5) is 24.9 Å². The molecule has 2 atom stereocenters. The number of nitrogens with one attached hydrogen (secondary N) is 3. The van der Waals surface area contributed by atoms with Crippen LogP contribution in [0.3, 0.4) is 0 Å². The van der Waals surface area contributed by atoms with E-state index in [1.165, 1.54) is 6.20 Å². The number of ketones is 1. The highest BCUT2D eigenvalue weighted by molar-refractivity contribution is 5.94. The highest BCUT2D eigenvalue weighted by Gasteiger charge is 2.47. The molecule has 9 nitrogen and oxygen atoms in total. The van der Waals surface area contributed by atoms with E-state index in [4.69, 9.17) is 4.74 Å². The van der Waals surface area contributed by atoms with Crippen LogP contribution in [-0.4, -0.2) is 71.2 Å². The molecule has 6 rings (SSSR count). The number of aromatic amines is 1. The van der Waals surface area contributed by atoms with E-state index in [2.05, 4.69) is 35.5 Å². The zero-order chi connectivity index (χ0) is 25.6. The van der Waals surface area contributed by atoms with Crippen LogP contribution in [0.2, 0.25) is 0 Å². The van der Waals surface area contributed by atoms with Crippen molar-refractivity contribution in [3.05, 3.63) is 30.1 Å². The average Bonchev–Trinajstić information content (AvgIpc) is 3.44. The number of carbonyl (C=O) groups excluding carboxylic acids is 1. The van der Waals surface area contributed by atoms with Gasteiger partial charge in [-0.25, -0.2) is 15.0 Å². The number of fused-ring (bicyclic) bond motifs is 1. The standard InChI is InChI=1S/C25H28F3N7O2/c26-25(27,28)18-13-31-23(32-15-10-19(36)24(11-15)4-1-5-29-14-24)34-21(18)17-12-30-22-16(17)2-3-20(33-22)35-6-8-37-9-7-35/h2-3,12-13,15,29H,1,4-11,14H2,(H,30,33)(H,31,32,34). The fourth-order valence-electron chi connectivity index (χ4n) is 5.79. The summed E-state index contributed by atoms with van der Waals surface area (Å²) in [6, 6.07) is 3.35. The Morgan fingerprint density at radius 2 is 2.03 bits per heavy atom. The van der Waals surface area contributed by atoms with Gasteiger partial charge >= 0.3 is 6.18 Å². The monoisotopic (exact) mass is 515 g/mol. The van der Waals surface area contributed by atoms with Gasteiger partial charge in [0.15, 0.2) is 0 Å². The molecule has 0 amide bonds. The van der Waals surface area contributed by atoms with Gasteiger partial charge < -0.3 is 25.3 Å².